The van der Waals surface area contributed by atoms with Crippen molar-refractivity contribution in [3.05, 3.63) is 59.2 Å². The van der Waals surface area contributed by atoms with E-state index in [1.165, 1.54) is 0 Å². The summed E-state index contributed by atoms with van der Waals surface area (Å²) >= 11 is 0. The monoisotopic (exact) mass is 307 g/mol. The molecule has 2 aromatic rings. The van der Waals surface area contributed by atoms with E-state index in [2.05, 4.69) is 20.8 Å². The van der Waals surface area contributed by atoms with Gasteiger partial charge in [0.05, 0.1) is 0 Å². The lowest BCUT2D eigenvalue weighted by molar-refractivity contribution is 0.0745. The number of benzene rings is 2. The topological polar surface area (TPSA) is 37.4 Å². The molecule has 0 fully saturated rings. The fourth-order valence-electron chi connectivity index (χ4n) is 3.16. The molecule has 0 atom stereocenters. The predicted octanol–water partition coefficient (Wildman–Crippen LogP) is 4.02. The molecule has 0 heterocycles. The van der Waals surface area contributed by atoms with Gasteiger partial charge < -0.3 is 4.90 Å². The summed E-state index contributed by atoms with van der Waals surface area (Å²) < 4.78 is 0. The number of nitrogens with zero attached hydrogens (tertiary/aromatic N) is 1. The van der Waals surface area contributed by atoms with E-state index in [1.807, 2.05) is 36.4 Å². The highest BCUT2D eigenvalue weighted by Crippen LogP contribution is 2.36. The van der Waals surface area contributed by atoms with Crippen LogP contribution in [0.25, 0.3) is 11.1 Å². The first-order valence-electron chi connectivity index (χ1n) is 7.81. The van der Waals surface area contributed by atoms with Crippen molar-refractivity contribution in [2.45, 2.75) is 20.8 Å². The maximum absolute atomic E-state index is 12.6. The van der Waals surface area contributed by atoms with Gasteiger partial charge in [0.1, 0.15) is 0 Å². The molecular formula is C20H21NO2. The highest BCUT2D eigenvalue weighted by atomic mass is 16.2. The minimum atomic E-state index is -0.0496. The molecule has 3 nitrogen and oxygen atoms in total. The van der Waals surface area contributed by atoms with E-state index in [0.717, 1.165) is 16.7 Å². The van der Waals surface area contributed by atoms with Crippen LogP contribution < -0.4 is 0 Å². The third-order valence-corrected chi connectivity index (χ3v) is 4.03. The van der Waals surface area contributed by atoms with Crippen molar-refractivity contribution < 1.29 is 9.59 Å². The Kier molecular flexibility index (Phi) is 3.59. The van der Waals surface area contributed by atoms with Crippen molar-refractivity contribution in [3.63, 3.8) is 0 Å². The van der Waals surface area contributed by atoms with Crippen LogP contribution in [0.2, 0.25) is 0 Å². The molecular weight excluding hydrogens is 286 g/mol. The average Bonchev–Trinajstić information content (AvgIpc) is 2.78. The third kappa shape index (κ3) is 2.79. The normalized spacial score (nSPS) is 12.8. The Labute approximate surface area is 136 Å². The number of hydrogen-bond donors (Lipinski definition) is 0. The Morgan fingerprint density at radius 3 is 2.22 bits per heavy atom. The molecule has 0 aliphatic heterocycles. The number of carbonyl (C=O) groups is 2. The van der Waals surface area contributed by atoms with Crippen LogP contribution in [0, 0.1) is 5.41 Å². The Bertz CT molecular complexity index is 800. The van der Waals surface area contributed by atoms with Gasteiger partial charge in [-0.25, -0.2) is 0 Å². The zero-order valence-electron chi connectivity index (χ0n) is 14.0. The minimum Gasteiger partial charge on any atom is -0.341 e. The molecule has 2 aromatic carbocycles. The molecule has 0 radical (unpaired) electrons. The predicted molar refractivity (Wildman–Crippen MR) is 91.7 cm³/mol. The number of hydrogen-bond acceptors (Lipinski definition) is 2. The Morgan fingerprint density at radius 2 is 1.57 bits per heavy atom. The average molecular weight is 307 g/mol. The van der Waals surface area contributed by atoms with Crippen LogP contribution in [0.3, 0.4) is 0 Å². The molecule has 0 spiro atoms. The Balaban J connectivity index is 1.94. The summed E-state index contributed by atoms with van der Waals surface area (Å²) in [6, 6.07) is 13.0. The zero-order valence-corrected chi connectivity index (χ0v) is 14.0. The maximum atomic E-state index is 12.6. The van der Waals surface area contributed by atoms with Crippen molar-refractivity contribution >= 4 is 11.7 Å². The van der Waals surface area contributed by atoms with E-state index in [4.69, 9.17) is 0 Å². The van der Waals surface area contributed by atoms with E-state index in [9.17, 15) is 9.59 Å². The minimum absolute atomic E-state index is 0.00345. The third-order valence-electron chi connectivity index (χ3n) is 4.03. The van der Waals surface area contributed by atoms with Crippen molar-refractivity contribution in [1.29, 1.82) is 0 Å². The van der Waals surface area contributed by atoms with Gasteiger partial charge >= 0.3 is 0 Å². The van der Waals surface area contributed by atoms with E-state index in [1.54, 1.807) is 18.0 Å². The van der Waals surface area contributed by atoms with Gasteiger partial charge in [-0.2, -0.15) is 0 Å². The summed E-state index contributed by atoms with van der Waals surface area (Å²) in [4.78, 5) is 26.9. The van der Waals surface area contributed by atoms with Gasteiger partial charge in [-0.15, -0.1) is 0 Å². The first kappa shape index (κ1) is 15.5. The molecule has 0 aromatic heterocycles. The Morgan fingerprint density at radius 1 is 0.957 bits per heavy atom. The number of rotatable bonds is 2. The van der Waals surface area contributed by atoms with Gasteiger partial charge in [0, 0.05) is 30.3 Å². The number of ketones is 1. The summed E-state index contributed by atoms with van der Waals surface area (Å²) in [6.45, 7) is 6.95. The molecule has 0 bridgehead atoms. The summed E-state index contributed by atoms with van der Waals surface area (Å²) in [5.41, 5.74) is 3.82. The second kappa shape index (κ2) is 5.34. The van der Waals surface area contributed by atoms with Gasteiger partial charge in [-0.05, 0) is 28.7 Å². The second-order valence-electron chi connectivity index (χ2n) is 7.36. The lowest BCUT2D eigenvalue weighted by Crippen LogP contribution is -2.34. The second-order valence-corrected chi connectivity index (χ2v) is 7.36. The van der Waals surface area contributed by atoms with Gasteiger partial charge in [0.15, 0.2) is 5.78 Å². The molecule has 0 N–H and O–H groups in total. The van der Waals surface area contributed by atoms with Crippen molar-refractivity contribution in [2.75, 3.05) is 13.6 Å². The molecule has 0 saturated carbocycles. The standard InChI is InChI=1S/C20H21NO2/c1-20(2,3)12-21(4)19(23)13-9-10-15-14-7-5-6-8-16(14)18(22)17(15)11-13/h5-11H,12H2,1-4H3. The van der Waals surface area contributed by atoms with E-state index in [0.29, 0.717) is 17.7 Å². The number of amides is 1. The summed E-state index contributed by atoms with van der Waals surface area (Å²) in [5, 5.41) is 0. The molecule has 1 amide bonds. The Hall–Kier alpha value is -2.42. The smallest absolute Gasteiger partial charge is 0.253 e. The van der Waals surface area contributed by atoms with Crippen LogP contribution in [0.15, 0.2) is 42.5 Å². The molecule has 1 aliphatic carbocycles. The molecule has 0 saturated heterocycles. The van der Waals surface area contributed by atoms with E-state index in [-0.39, 0.29) is 17.1 Å². The lowest BCUT2D eigenvalue weighted by Gasteiger charge is -2.26. The quantitative estimate of drug-likeness (QED) is 0.717. The fraction of sp³-hybridized carbons (Fsp3) is 0.300. The first-order chi connectivity index (χ1) is 10.8. The van der Waals surface area contributed by atoms with Gasteiger partial charge in [-0.1, -0.05) is 51.1 Å². The van der Waals surface area contributed by atoms with Crippen LogP contribution >= 0.6 is 0 Å². The zero-order chi connectivity index (χ0) is 16.8. The lowest BCUT2D eigenvalue weighted by atomic mass is 9.95. The van der Waals surface area contributed by atoms with Crippen LogP contribution in [0.4, 0.5) is 0 Å². The van der Waals surface area contributed by atoms with Crippen molar-refractivity contribution in [2.24, 2.45) is 5.41 Å². The fourth-order valence-corrected chi connectivity index (χ4v) is 3.16. The SMILES string of the molecule is CN(CC(C)(C)C)C(=O)c1ccc2c(c1)C(=O)c1ccccc1-2. The summed E-state index contributed by atoms with van der Waals surface area (Å²) in [7, 11) is 1.80. The molecule has 0 unspecified atom stereocenters. The van der Waals surface area contributed by atoms with Crippen LogP contribution in [-0.2, 0) is 0 Å². The van der Waals surface area contributed by atoms with Crippen molar-refractivity contribution in [3.8, 4) is 11.1 Å². The molecule has 3 rings (SSSR count). The van der Waals surface area contributed by atoms with Crippen LogP contribution in [0.5, 0.6) is 0 Å². The largest absolute Gasteiger partial charge is 0.341 e. The molecule has 118 valence electrons. The van der Waals surface area contributed by atoms with Gasteiger partial charge in [-0.3, -0.25) is 9.59 Å². The van der Waals surface area contributed by atoms with Gasteiger partial charge in [0.2, 0.25) is 0 Å². The molecule has 23 heavy (non-hydrogen) atoms. The number of fused-ring (bicyclic) bond motifs is 3. The summed E-state index contributed by atoms with van der Waals surface area (Å²) in [6.07, 6.45) is 0. The molecule has 3 heteroatoms. The van der Waals surface area contributed by atoms with Crippen LogP contribution in [-0.4, -0.2) is 30.2 Å². The van der Waals surface area contributed by atoms with Crippen LogP contribution in [0.1, 0.15) is 47.1 Å². The highest BCUT2D eigenvalue weighted by Gasteiger charge is 2.28. The highest BCUT2D eigenvalue weighted by molar-refractivity contribution is 6.22. The first-order valence-corrected chi connectivity index (χ1v) is 7.81. The molecule has 1 aliphatic rings. The van der Waals surface area contributed by atoms with Crippen molar-refractivity contribution in [1.82, 2.24) is 4.90 Å². The van der Waals surface area contributed by atoms with Gasteiger partial charge in [0.25, 0.3) is 5.91 Å². The maximum Gasteiger partial charge on any atom is 0.253 e. The number of carbonyl (C=O) groups excluding carboxylic acids is 2. The van der Waals surface area contributed by atoms with E-state index < -0.39 is 0 Å². The van der Waals surface area contributed by atoms with E-state index >= 15 is 0 Å². The summed E-state index contributed by atoms with van der Waals surface area (Å²) in [5.74, 6) is -0.0461.